The summed E-state index contributed by atoms with van der Waals surface area (Å²) in [5.41, 5.74) is 0. The molecule has 4 nitrogen and oxygen atoms in total. The molecule has 0 saturated carbocycles. The van der Waals surface area contributed by atoms with E-state index < -0.39 is 0 Å². The van der Waals surface area contributed by atoms with Crippen molar-refractivity contribution in [3.05, 3.63) is 30.3 Å². The van der Waals surface area contributed by atoms with Gasteiger partial charge in [-0.3, -0.25) is 0 Å². The predicted molar refractivity (Wildman–Crippen MR) is 81.3 cm³/mol. The zero-order valence-corrected chi connectivity index (χ0v) is 12.5. The van der Waals surface area contributed by atoms with E-state index in [1.165, 1.54) is 32.4 Å². The lowest BCUT2D eigenvalue weighted by atomic mass is 10.0. The number of likely N-dealkylation sites (tertiary alicyclic amines) is 2. The summed E-state index contributed by atoms with van der Waals surface area (Å²) in [5.74, 6) is 0.501. The third kappa shape index (κ3) is 3.76. The van der Waals surface area contributed by atoms with E-state index in [4.69, 9.17) is 4.74 Å². The third-order valence-corrected chi connectivity index (χ3v) is 4.51. The predicted octanol–water partition coefficient (Wildman–Crippen LogP) is 2.94. The van der Waals surface area contributed by atoms with Crippen LogP contribution in [0.25, 0.3) is 0 Å². The zero-order valence-electron chi connectivity index (χ0n) is 12.5. The van der Waals surface area contributed by atoms with E-state index in [-0.39, 0.29) is 6.09 Å². The quantitative estimate of drug-likeness (QED) is 0.838. The van der Waals surface area contributed by atoms with Gasteiger partial charge in [-0.15, -0.1) is 0 Å². The second-order valence-corrected chi connectivity index (χ2v) is 5.91. The molecule has 1 radical (unpaired) electrons. The number of ether oxygens (including phenoxy) is 1. The Bertz CT molecular complexity index is 449. The zero-order chi connectivity index (χ0) is 14.5. The Morgan fingerprint density at radius 1 is 1.10 bits per heavy atom. The first kappa shape index (κ1) is 14.4. The summed E-state index contributed by atoms with van der Waals surface area (Å²) < 4.78 is 5.35. The molecule has 4 heteroatoms. The summed E-state index contributed by atoms with van der Waals surface area (Å²) in [7, 11) is 0. The molecule has 2 aliphatic heterocycles. The van der Waals surface area contributed by atoms with E-state index in [1.54, 1.807) is 12.1 Å². The molecular formula is C17H23N2O2. The van der Waals surface area contributed by atoms with Gasteiger partial charge >= 0.3 is 6.09 Å². The van der Waals surface area contributed by atoms with E-state index in [0.717, 1.165) is 25.9 Å². The number of hydrogen-bond acceptors (Lipinski definition) is 3. The molecule has 113 valence electrons. The molecule has 2 heterocycles. The first-order chi connectivity index (χ1) is 10.3. The van der Waals surface area contributed by atoms with Crippen molar-refractivity contribution in [1.82, 2.24) is 9.80 Å². The topological polar surface area (TPSA) is 32.8 Å². The Balaban J connectivity index is 1.47. The van der Waals surface area contributed by atoms with Gasteiger partial charge in [0.2, 0.25) is 0 Å². The number of para-hydroxylation sites is 1. The highest BCUT2D eigenvalue weighted by atomic mass is 16.6. The van der Waals surface area contributed by atoms with Crippen molar-refractivity contribution in [2.75, 3.05) is 26.2 Å². The molecule has 0 aromatic heterocycles. The number of amides is 1. The van der Waals surface area contributed by atoms with E-state index >= 15 is 0 Å². The summed E-state index contributed by atoms with van der Waals surface area (Å²) >= 11 is 0. The van der Waals surface area contributed by atoms with Crippen LogP contribution < -0.4 is 4.74 Å². The van der Waals surface area contributed by atoms with Crippen molar-refractivity contribution in [2.45, 2.75) is 38.1 Å². The van der Waals surface area contributed by atoms with E-state index in [9.17, 15) is 4.79 Å². The SMILES string of the molecule is O=C(Oc1[c]cccc1)N1CCC(N2CCCCC2)CC1. The number of hydrogen-bond donors (Lipinski definition) is 0. The molecule has 1 aromatic rings. The molecule has 3 rings (SSSR count). The highest BCUT2D eigenvalue weighted by Crippen LogP contribution is 2.21. The van der Waals surface area contributed by atoms with Gasteiger partial charge in [-0.2, -0.15) is 0 Å². The van der Waals surface area contributed by atoms with Gasteiger partial charge in [-0.25, -0.2) is 4.79 Å². The van der Waals surface area contributed by atoms with Gasteiger partial charge in [0.15, 0.2) is 0 Å². The molecule has 2 saturated heterocycles. The fourth-order valence-electron chi connectivity index (χ4n) is 3.30. The van der Waals surface area contributed by atoms with Crippen LogP contribution in [-0.2, 0) is 0 Å². The van der Waals surface area contributed by atoms with E-state index in [0.29, 0.717) is 11.8 Å². The van der Waals surface area contributed by atoms with Crippen LogP contribution in [0, 0.1) is 6.07 Å². The molecule has 0 spiro atoms. The van der Waals surface area contributed by atoms with Crippen molar-refractivity contribution >= 4 is 6.09 Å². The summed E-state index contributed by atoms with van der Waals surface area (Å²) in [4.78, 5) is 16.5. The average molecular weight is 287 g/mol. The van der Waals surface area contributed by atoms with Gasteiger partial charge in [0, 0.05) is 25.2 Å². The first-order valence-corrected chi connectivity index (χ1v) is 8.00. The molecule has 0 aliphatic carbocycles. The summed E-state index contributed by atoms with van der Waals surface area (Å²) in [6, 6.07) is 10.8. The Morgan fingerprint density at radius 3 is 2.52 bits per heavy atom. The van der Waals surface area contributed by atoms with Gasteiger partial charge in [0.05, 0.1) is 0 Å². The number of benzene rings is 1. The minimum atomic E-state index is -0.241. The standard InChI is InChI=1S/C17H23N2O2/c20-17(21-16-7-3-1-4-8-16)19-13-9-15(10-14-19)18-11-5-2-6-12-18/h1,3-4,7,15H,2,5-6,9-14H2. The van der Waals surface area contributed by atoms with Crippen LogP contribution >= 0.6 is 0 Å². The summed E-state index contributed by atoms with van der Waals surface area (Å²) in [5, 5.41) is 0. The fourth-order valence-corrected chi connectivity index (χ4v) is 3.30. The highest BCUT2D eigenvalue weighted by Gasteiger charge is 2.28. The maximum Gasteiger partial charge on any atom is 0.415 e. The summed E-state index contributed by atoms with van der Waals surface area (Å²) in [6.07, 6.45) is 5.91. The van der Waals surface area contributed by atoms with Gasteiger partial charge < -0.3 is 14.5 Å². The molecule has 1 aromatic carbocycles. The molecule has 2 aliphatic rings. The van der Waals surface area contributed by atoms with Crippen molar-refractivity contribution < 1.29 is 9.53 Å². The fraction of sp³-hybridized carbons (Fsp3) is 0.588. The molecule has 0 N–H and O–H groups in total. The van der Waals surface area contributed by atoms with Crippen LogP contribution in [0.2, 0.25) is 0 Å². The number of nitrogens with zero attached hydrogens (tertiary/aromatic N) is 2. The van der Waals surface area contributed by atoms with Crippen LogP contribution in [-0.4, -0.2) is 48.1 Å². The first-order valence-electron chi connectivity index (χ1n) is 8.00. The van der Waals surface area contributed by atoms with Crippen molar-refractivity contribution in [1.29, 1.82) is 0 Å². The van der Waals surface area contributed by atoms with E-state index in [2.05, 4.69) is 11.0 Å². The number of carbonyl (C=O) groups excluding carboxylic acids is 1. The Kier molecular flexibility index (Phi) is 4.76. The molecule has 2 fully saturated rings. The smallest absolute Gasteiger partial charge is 0.410 e. The van der Waals surface area contributed by atoms with Crippen molar-refractivity contribution in [3.8, 4) is 5.75 Å². The normalized spacial score (nSPS) is 21.2. The maximum atomic E-state index is 12.1. The van der Waals surface area contributed by atoms with Crippen LogP contribution in [0.1, 0.15) is 32.1 Å². The second kappa shape index (κ2) is 6.94. The van der Waals surface area contributed by atoms with Crippen LogP contribution in [0.5, 0.6) is 5.75 Å². The third-order valence-electron chi connectivity index (χ3n) is 4.51. The lowest BCUT2D eigenvalue weighted by Crippen LogP contribution is -2.48. The molecule has 0 unspecified atom stereocenters. The van der Waals surface area contributed by atoms with Crippen LogP contribution in [0.15, 0.2) is 24.3 Å². The Hall–Kier alpha value is -1.55. The van der Waals surface area contributed by atoms with Gasteiger partial charge in [0.25, 0.3) is 0 Å². The largest absolute Gasteiger partial charge is 0.415 e. The number of rotatable bonds is 2. The average Bonchev–Trinajstić information content (AvgIpc) is 2.57. The van der Waals surface area contributed by atoms with Crippen molar-refractivity contribution in [3.63, 3.8) is 0 Å². The lowest BCUT2D eigenvalue weighted by Gasteiger charge is -2.39. The molecular weight excluding hydrogens is 264 g/mol. The van der Waals surface area contributed by atoms with E-state index in [1.807, 2.05) is 17.0 Å². The molecule has 0 bridgehead atoms. The number of carbonyl (C=O) groups is 1. The summed E-state index contributed by atoms with van der Waals surface area (Å²) in [6.45, 7) is 4.06. The molecule has 0 atom stereocenters. The van der Waals surface area contributed by atoms with Crippen LogP contribution in [0.4, 0.5) is 4.79 Å². The second-order valence-electron chi connectivity index (χ2n) is 5.91. The highest BCUT2D eigenvalue weighted by molar-refractivity contribution is 5.70. The van der Waals surface area contributed by atoms with Gasteiger partial charge in [-0.05, 0) is 44.8 Å². The molecule has 1 amide bonds. The monoisotopic (exact) mass is 287 g/mol. The lowest BCUT2D eigenvalue weighted by molar-refractivity contribution is 0.0878. The van der Waals surface area contributed by atoms with Gasteiger partial charge in [0.1, 0.15) is 5.75 Å². The molecule has 21 heavy (non-hydrogen) atoms. The minimum absolute atomic E-state index is 0.241. The Morgan fingerprint density at radius 2 is 1.86 bits per heavy atom. The van der Waals surface area contributed by atoms with Crippen LogP contribution in [0.3, 0.4) is 0 Å². The maximum absolute atomic E-state index is 12.1. The van der Waals surface area contributed by atoms with Crippen molar-refractivity contribution in [2.24, 2.45) is 0 Å². The number of piperidine rings is 2. The minimum Gasteiger partial charge on any atom is -0.410 e. The Labute approximate surface area is 126 Å². The van der Waals surface area contributed by atoms with Gasteiger partial charge in [-0.1, -0.05) is 24.6 Å².